The van der Waals surface area contributed by atoms with Gasteiger partial charge in [-0.05, 0) is 56.3 Å². The number of ether oxygens (including phenoxy) is 2. The number of nitrogens with zero attached hydrogens (tertiary/aromatic N) is 3. The van der Waals surface area contributed by atoms with Crippen molar-refractivity contribution >= 4 is 43.8 Å². The first-order chi connectivity index (χ1) is 16.5. The Hall–Kier alpha value is -3.31. The standard InChI is InChI=1S/C24H27BrN4O5S/c1-16-12-18(17(2)29(16)20-8-6-19(25)7-9-20)14-26-27-24(30)15-28(35(5,31)32)22-11-10-21(33-3)13-23(22)34-4/h6-14H,15H2,1-5H3,(H,27,30)/b26-14+. The highest BCUT2D eigenvalue weighted by atomic mass is 79.9. The Kier molecular flexibility index (Phi) is 8.23. The van der Waals surface area contributed by atoms with Crippen molar-refractivity contribution < 1.29 is 22.7 Å². The van der Waals surface area contributed by atoms with E-state index in [4.69, 9.17) is 9.47 Å². The molecule has 0 aliphatic heterocycles. The Balaban J connectivity index is 1.77. The second-order valence-corrected chi connectivity index (χ2v) is 10.6. The monoisotopic (exact) mass is 562 g/mol. The fraction of sp³-hybridized carbons (Fsp3) is 0.250. The number of aromatic nitrogens is 1. The summed E-state index contributed by atoms with van der Waals surface area (Å²) in [6.07, 6.45) is 2.55. The highest BCUT2D eigenvalue weighted by Crippen LogP contribution is 2.33. The van der Waals surface area contributed by atoms with Gasteiger partial charge in [-0.1, -0.05) is 15.9 Å². The molecule has 0 spiro atoms. The van der Waals surface area contributed by atoms with Crippen LogP contribution in [0.1, 0.15) is 17.0 Å². The summed E-state index contributed by atoms with van der Waals surface area (Å²) in [6, 6.07) is 14.5. The molecule has 0 aliphatic carbocycles. The van der Waals surface area contributed by atoms with Crippen LogP contribution in [0.15, 0.2) is 58.1 Å². The summed E-state index contributed by atoms with van der Waals surface area (Å²) in [5, 5.41) is 4.05. The van der Waals surface area contributed by atoms with Crippen LogP contribution in [0.3, 0.4) is 0 Å². The molecule has 0 aliphatic rings. The Bertz CT molecular complexity index is 1350. The average molecular weight is 563 g/mol. The summed E-state index contributed by atoms with van der Waals surface area (Å²) in [7, 11) is -0.891. The van der Waals surface area contributed by atoms with E-state index in [0.717, 1.165) is 37.7 Å². The molecule has 1 aromatic heterocycles. The molecule has 3 rings (SSSR count). The number of hydrogen-bond acceptors (Lipinski definition) is 6. The highest BCUT2D eigenvalue weighted by molar-refractivity contribution is 9.10. The van der Waals surface area contributed by atoms with Crippen molar-refractivity contribution in [3.63, 3.8) is 0 Å². The maximum atomic E-state index is 12.6. The van der Waals surface area contributed by atoms with Crippen LogP contribution < -0.4 is 19.2 Å². The van der Waals surface area contributed by atoms with Crippen LogP contribution in [0.2, 0.25) is 0 Å². The van der Waals surface area contributed by atoms with E-state index in [0.29, 0.717) is 5.75 Å². The molecule has 0 saturated carbocycles. The first-order valence-electron chi connectivity index (χ1n) is 10.5. The minimum Gasteiger partial charge on any atom is -0.497 e. The molecule has 0 fully saturated rings. The lowest BCUT2D eigenvalue weighted by Crippen LogP contribution is -2.39. The van der Waals surface area contributed by atoms with E-state index >= 15 is 0 Å². The molecule has 2 aromatic carbocycles. The van der Waals surface area contributed by atoms with Crippen LogP contribution in [0.5, 0.6) is 11.5 Å². The zero-order valence-corrected chi connectivity index (χ0v) is 22.5. The van der Waals surface area contributed by atoms with Gasteiger partial charge in [0.25, 0.3) is 5.91 Å². The first-order valence-corrected chi connectivity index (χ1v) is 13.2. The van der Waals surface area contributed by atoms with Crippen LogP contribution in [0, 0.1) is 13.8 Å². The zero-order chi connectivity index (χ0) is 25.8. The number of rotatable bonds is 9. The summed E-state index contributed by atoms with van der Waals surface area (Å²) >= 11 is 3.44. The zero-order valence-electron chi connectivity index (χ0n) is 20.1. The number of nitrogens with one attached hydrogen (secondary N) is 1. The summed E-state index contributed by atoms with van der Waals surface area (Å²) in [5.41, 5.74) is 6.41. The first kappa shape index (κ1) is 26.3. The number of hydrogen-bond donors (Lipinski definition) is 1. The lowest BCUT2D eigenvalue weighted by Gasteiger charge is -2.23. The van der Waals surface area contributed by atoms with Gasteiger partial charge < -0.3 is 14.0 Å². The van der Waals surface area contributed by atoms with Crippen molar-refractivity contribution in [1.29, 1.82) is 0 Å². The molecule has 186 valence electrons. The smallest absolute Gasteiger partial charge is 0.260 e. The number of hydrazone groups is 1. The molecule has 0 unspecified atom stereocenters. The molecular weight excluding hydrogens is 536 g/mol. The number of amides is 1. The Morgan fingerprint density at radius 3 is 2.40 bits per heavy atom. The van der Waals surface area contributed by atoms with Crippen molar-refractivity contribution in [2.24, 2.45) is 5.10 Å². The van der Waals surface area contributed by atoms with Gasteiger partial charge in [-0.15, -0.1) is 0 Å². The average Bonchev–Trinajstić information content (AvgIpc) is 3.10. The van der Waals surface area contributed by atoms with E-state index in [2.05, 4.69) is 31.0 Å². The summed E-state index contributed by atoms with van der Waals surface area (Å²) in [6.45, 7) is 3.47. The van der Waals surface area contributed by atoms with Gasteiger partial charge in [0.1, 0.15) is 18.0 Å². The van der Waals surface area contributed by atoms with E-state index in [1.807, 2.05) is 44.2 Å². The van der Waals surface area contributed by atoms with Gasteiger partial charge >= 0.3 is 0 Å². The van der Waals surface area contributed by atoms with Gasteiger partial charge in [0.05, 0.1) is 32.4 Å². The van der Waals surface area contributed by atoms with Crippen molar-refractivity contribution in [3.05, 3.63) is 70.0 Å². The van der Waals surface area contributed by atoms with Gasteiger partial charge in [0.2, 0.25) is 10.0 Å². The highest BCUT2D eigenvalue weighted by Gasteiger charge is 2.24. The summed E-state index contributed by atoms with van der Waals surface area (Å²) in [5.74, 6) is 0.145. The fourth-order valence-corrected chi connectivity index (χ4v) is 4.74. The number of carbonyl (C=O) groups is 1. The number of benzene rings is 2. The minimum absolute atomic E-state index is 0.216. The maximum absolute atomic E-state index is 12.6. The van der Waals surface area contributed by atoms with Gasteiger partial charge in [-0.25, -0.2) is 13.8 Å². The van der Waals surface area contributed by atoms with Crippen LogP contribution in [-0.2, 0) is 14.8 Å². The molecule has 1 heterocycles. The largest absolute Gasteiger partial charge is 0.497 e. The lowest BCUT2D eigenvalue weighted by molar-refractivity contribution is -0.119. The molecule has 1 amide bonds. The normalized spacial score (nSPS) is 11.5. The fourth-order valence-electron chi connectivity index (χ4n) is 3.62. The molecule has 3 aromatic rings. The minimum atomic E-state index is -3.79. The Morgan fingerprint density at radius 1 is 1.11 bits per heavy atom. The third-order valence-electron chi connectivity index (χ3n) is 5.29. The molecule has 35 heavy (non-hydrogen) atoms. The van der Waals surface area contributed by atoms with Crippen LogP contribution in [-0.4, -0.2) is 52.1 Å². The van der Waals surface area contributed by atoms with E-state index in [1.165, 1.54) is 26.5 Å². The molecule has 9 nitrogen and oxygen atoms in total. The predicted molar refractivity (Wildman–Crippen MR) is 140 cm³/mol. The molecule has 0 radical (unpaired) electrons. The topological polar surface area (TPSA) is 102 Å². The lowest BCUT2D eigenvalue weighted by atomic mass is 10.2. The van der Waals surface area contributed by atoms with E-state index in [9.17, 15) is 13.2 Å². The SMILES string of the molecule is COc1ccc(N(CC(=O)N/N=C/c2cc(C)n(-c3ccc(Br)cc3)c2C)S(C)(=O)=O)c(OC)c1. The van der Waals surface area contributed by atoms with Gasteiger partial charge in [-0.3, -0.25) is 9.10 Å². The van der Waals surface area contributed by atoms with Crippen LogP contribution in [0.4, 0.5) is 5.69 Å². The van der Waals surface area contributed by atoms with E-state index < -0.39 is 22.5 Å². The molecule has 0 saturated heterocycles. The third-order valence-corrected chi connectivity index (χ3v) is 6.95. The maximum Gasteiger partial charge on any atom is 0.260 e. The molecule has 1 N–H and O–H groups in total. The Morgan fingerprint density at radius 2 is 1.80 bits per heavy atom. The van der Waals surface area contributed by atoms with Gasteiger partial charge in [0, 0.05) is 33.2 Å². The van der Waals surface area contributed by atoms with Crippen LogP contribution >= 0.6 is 15.9 Å². The van der Waals surface area contributed by atoms with Crippen molar-refractivity contribution in [2.75, 3.05) is 31.3 Å². The van der Waals surface area contributed by atoms with Crippen molar-refractivity contribution in [3.8, 4) is 17.2 Å². The second kappa shape index (κ2) is 11.0. The van der Waals surface area contributed by atoms with E-state index in [-0.39, 0.29) is 11.4 Å². The van der Waals surface area contributed by atoms with Gasteiger partial charge in [-0.2, -0.15) is 5.10 Å². The molecule has 0 atom stereocenters. The van der Waals surface area contributed by atoms with Crippen molar-refractivity contribution in [2.45, 2.75) is 13.8 Å². The quantitative estimate of drug-likeness (QED) is 0.315. The number of methoxy groups -OCH3 is 2. The number of halogens is 1. The second-order valence-electron chi connectivity index (χ2n) is 7.74. The molecule has 0 bridgehead atoms. The molecule has 11 heteroatoms. The number of anilines is 1. The Labute approximate surface area is 213 Å². The summed E-state index contributed by atoms with van der Waals surface area (Å²) < 4.78 is 39.4. The number of aryl methyl sites for hydroxylation is 1. The van der Waals surface area contributed by atoms with Crippen molar-refractivity contribution in [1.82, 2.24) is 9.99 Å². The molecular formula is C24H27BrN4O5S. The predicted octanol–water partition coefficient (Wildman–Crippen LogP) is 3.79. The van der Waals surface area contributed by atoms with E-state index in [1.54, 1.807) is 12.1 Å². The number of sulfonamides is 1. The third kappa shape index (κ3) is 6.23. The van der Waals surface area contributed by atoms with Gasteiger partial charge in [0.15, 0.2) is 0 Å². The summed E-state index contributed by atoms with van der Waals surface area (Å²) in [4.78, 5) is 12.6. The van der Waals surface area contributed by atoms with Crippen LogP contribution in [0.25, 0.3) is 5.69 Å². The number of carbonyl (C=O) groups excluding carboxylic acids is 1.